The van der Waals surface area contributed by atoms with Gasteiger partial charge in [0.15, 0.2) is 17.3 Å². The van der Waals surface area contributed by atoms with Crippen LogP contribution in [0.1, 0.15) is 41.9 Å². The summed E-state index contributed by atoms with van der Waals surface area (Å²) < 4.78 is 52.1. The van der Waals surface area contributed by atoms with Gasteiger partial charge >= 0.3 is 6.18 Å². The number of carbonyl (C=O) groups is 1. The predicted octanol–water partition coefficient (Wildman–Crippen LogP) is 5.29. The maximum Gasteiger partial charge on any atom is 0.416 e. The van der Waals surface area contributed by atoms with Crippen LogP contribution in [0.2, 0.25) is 0 Å². The Kier molecular flexibility index (Phi) is 4.76. The molecule has 2 aromatic rings. The Labute approximate surface area is 166 Å². The summed E-state index contributed by atoms with van der Waals surface area (Å²) >= 11 is 0. The number of alkyl halides is 3. The lowest BCUT2D eigenvalue weighted by Crippen LogP contribution is -2.28. The predicted molar refractivity (Wildman–Crippen MR) is 102 cm³/mol. The highest BCUT2D eigenvalue weighted by Crippen LogP contribution is 2.50. The molecule has 0 saturated carbocycles. The maximum absolute atomic E-state index is 13.8. The molecule has 0 bridgehead atoms. The molecule has 0 amide bonds. The Bertz CT molecular complexity index is 1010. The van der Waals surface area contributed by atoms with Gasteiger partial charge in [-0.1, -0.05) is 18.2 Å². The van der Waals surface area contributed by atoms with Gasteiger partial charge in [0, 0.05) is 35.4 Å². The van der Waals surface area contributed by atoms with Crippen molar-refractivity contribution in [3.05, 3.63) is 64.4 Å². The van der Waals surface area contributed by atoms with Crippen molar-refractivity contribution >= 4 is 11.5 Å². The molecule has 1 aliphatic carbocycles. The molecule has 2 aromatic carbocycles. The summed E-state index contributed by atoms with van der Waals surface area (Å²) in [6.07, 6.45) is -2.93. The zero-order chi connectivity index (χ0) is 20.8. The van der Waals surface area contributed by atoms with E-state index in [-0.39, 0.29) is 11.3 Å². The third-order valence-electron chi connectivity index (χ3n) is 5.47. The average Bonchev–Trinajstić information content (AvgIpc) is 2.70. The van der Waals surface area contributed by atoms with Crippen molar-refractivity contribution in [2.45, 2.75) is 31.4 Å². The van der Waals surface area contributed by atoms with E-state index in [1.54, 1.807) is 18.2 Å². The fourth-order valence-corrected chi connectivity index (χ4v) is 4.22. The van der Waals surface area contributed by atoms with Gasteiger partial charge in [0.25, 0.3) is 0 Å². The topological polar surface area (TPSA) is 47.6 Å². The molecule has 0 unspecified atom stereocenters. The van der Waals surface area contributed by atoms with Crippen LogP contribution in [-0.4, -0.2) is 20.0 Å². The number of rotatable bonds is 3. The molecule has 1 atom stereocenters. The molecule has 1 aliphatic heterocycles. The molecule has 0 aromatic heterocycles. The van der Waals surface area contributed by atoms with Gasteiger partial charge in [-0.3, -0.25) is 4.79 Å². The maximum atomic E-state index is 13.8. The highest BCUT2D eigenvalue weighted by molar-refractivity contribution is 6.01. The fourth-order valence-electron chi connectivity index (χ4n) is 4.22. The van der Waals surface area contributed by atoms with Crippen LogP contribution in [0, 0.1) is 0 Å². The monoisotopic (exact) mass is 403 g/mol. The number of nitrogens with one attached hydrogen (secondary N) is 1. The lowest BCUT2D eigenvalue weighted by atomic mass is 9.74. The lowest BCUT2D eigenvalue weighted by molar-refractivity contribution is -0.138. The fraction of sp³-hybridized carbons (Fsp3) is 0.318. The van der Waals surface area contributed by atoms with Gasteiger partial charge in [-0.25, -0.2) is 0 Å². The quantitative estimate of drug-likeness (QED) is 0.757. The minimum Gasteiger partial charge on any atom is -0.493 e. The molecule has 0 saturated heterocycles. The molecule has 2 aliphatic rings. The molecule has 29 heavy (non-hydrogen) atoms. The zero-order valence-corrected chi connectivity index (χ0v) is 16.0. The molecule has 0 spiro atoms. The summed E-state index contributed by atoms with van der Waals surface area (Å²) in [4.78, 5) is 12.8. The number of ketones is 1. The SMILES string of the molecule is COc1cc2c(cc1OC)[C@H](c1ccccc1C(F)(F)F)C1=C(CCCC1=O)N2. The van der Waals surface area contributed by atoms with Crippen LogP contribution in [-0.2, 0) is 11.0 Å². The second kappa shape index (κ2) is 7.13. The molecule has 152 valence electrons. The second-order valence-corrected chi connectivity index (χ2v) is 7.11. The number of halogens is 3. The van der Waals surface area contributed by atoms with Gasteiger partial charge in [0.05, 0.1) is 19.8 Å². The Balaban J connectivity index is 2.01. The first-order chi connectivity index (χ1) is 13.8. The van der Waals surface area contributed by atoms with Crippen molar-refractivity contribution in [2.24, 2.45) is 0 Å². The summed E-state index contributed by atoms with van der Waals surface area (Å²) in [6, 6.07) is 8.81. The summed E-state index contributed by atoms with van der Waals surface area (Å²) in [5.41, 5.74) is 1.61. The van der Waals surface area contributed by atoms with Crippen LogP contribution in [0.25, 0.3) is 0 Å². The normalized spacial score (nSPS) is 18.7. The van der Waals surface area contributed by atoms with E-state index in [0.29, 0.717) is 53.3 Å². The van der Waals surface area contributed by atoms with Gasteiger partial charge in [-0.2, -0.15) is 13.2 Å². The first-order valence-corrected chi connectivity index (χ1v) is 9.30. The third kappa shape index (κ3) is 3.24. The van der Waals surface area contributed by atoms with Crippen LogP contribution in [0.5, 0.6) is 11.5 Å². The van der Waals surface area contributed by atoms with E-state index in [9.17, 15) is 18.0 Å². The van der Waals surface area contributed by atoms with Gasteiger partial charge in [0.2, 0.25) is 0 Å². The van der Waals surface area contributed by atoms with Gasteiger partial charge in [-0.15, -0.1) is 0 Å². The van der Waals surface area contributed by atoms with E-state index >= 15 is 0 Å². The number of carbonyl (C=O) groups excluding carboxylic acids is 1. The van der Waals surface area contributed by atoms with E-state index < -0.39 is 17.7 Å². The first-order valence-electron chi connectivity index (χ1n) is 9.30. The molecular formula is C22H20F3NO3. The Morgan fingerprint density at radius 1 is 1.00 bits per heavy atom. The number of fused-ring (bicyclic) bond motifs is 1. The van der Waals surface area contributed by atoms with E-state index in [1.807, 2.05) is 0 Å². The van der Waals surface area contributed by atoms with E-state index in [4.69, 9.17) is 9.47 Å². The first kappa shape index (κ1) is 19.4. The van der Waals surface area contributed by atoms with Gasteiger partial charge in [-0.05, 0) is 36.1 Å². The van der Waals surface area contributed by atoms with Crippen molar-refractivity contribution in [2.75, 3.05) is 19.5 Å². The third-order valence-corrected chi connectivity index (χ3v) is 5.47. The number of ether oxygens (including phenoxy) is 2. The van der Waals surface area contributed by atoms with Crippen molar-refractivity contribution < 1.29 is 27.4 Å². The Morgan fingerprint density at radius 3 is 2.38 bits per heavy atom. The summed E-state index contributed by atoms with van der Waals surface area (Å²) in [5, 5.41) is 3.26. The Hall–Kier alpha value is -2.96. The van der Waals surface area contributed by atoms with Gasteiger partial charge < -0.3 is 14.8 Å². The van der Waals surface area contributed by atoms with E-state index in [1.165, 1.54) is 26.4 Å². The molecule has 1 heterocycles. The molecule has 4 nitrogen and oxygen atoms in total. The summed E-state index contributed by atoms with van der Waals surface area (Å²) in [6.45, 7) is 0. The van der Waals surface area contributed by atoms with Crippen molar-refractivity contribution in [3.63, 3.8) is 0 Å². The zero-order valence-electron chi connectivity index (χ0n) is 16.0. The summed E-state index contributed by atoms with van der Waals surface area (Å²) in [5.74, 6) is -0.0875. The van der Waals surface area contributed by atoms with Crippen LogP contribution in [0.3, 0.4) is 0 Å². The minimum absolute atomic E-state index is 0.0673. The number of allylic oxidation sites excluding steroid dienone is 2. The molecule has 4 rings (SSSR count). The van der Waals surface area contributed by atoms with Crippen LogP contribution < -0.4 is 14.8 Å². The molecule has 0 radical (unpaired) electrons. The van der Waals surface area contributed by atoms with E-state index in [2.05, 4.69) is 5.32 Å². The highest BCUT2D eigenvalue weighted by atomic mass is 19.4. The number of benzene rings is 2. The number of anilines is 1. The molecule has 1 N–H and O–H groups in total. The smallest absolute Gasteiger partial charge is 0.416 e. The summed E-state index contributed by atoms with van der Waals surface area (Å²) in [7, 11) is 2.97. The van der Waals surface area contributed by atoms with Crippen molar-refractivity contribution in [3.8, 4) is 11.5 Å². The Morgan fingerprint density at radius 2 is 1.69 bits per heavy atom. The number of hydrogen-bond acceptors (Lipinski definition) is 4. The molecule has 0 fully saturated rings. The van der Waals surface area contributed by atoms with Crippen molar-refractivity contribution in [1.29, 1.82) is 0 Å². The standard InChI is InChI=1S/C22H20F3NO3/c1-28-18-10-13-16(11-19(18)29-2)26-15-8-5-9-17(27)21(15)20(13)12-6-3-4-7-14(12)22(23,24)25/h3-4,6-7,10-11,20,26H,5,8-9H2,1-2H3/t20-/m0/s1. The molecule has 7 heteroatoms. The van der Waals surface area contributed by atoms with Crippen LogP contribution in [0.15, 0.2) is 47.7 Å². The number of methoxy groups -OCH3 is 2. The van der Waals surface area contributed by atoms with Crippen LogP contribution in [0.4, 0.5) is 18.9 Å². The highest BCUT2D eigenvalue weighted by Gasteiger charge is 2.41. The lowest BCUT2D eigenvalue weighted by Gasteiger charge is -2.35. The van der Waals surface area contributed by atoms with E-state index in [0.717, 1.165) is 6.07 Å². The number of Topliss-reactive ketones (excluding diaryl/α,β-unsaturated/α-hetero) is 1. The molecular weight excluding hydrogens is 383 g/mol. The largest absolute Gasteiger partial charge is 0.493 e. The van der Waals surface area contributed by atoms with Gasteiger partial charge in [0.1, 0.15) is 0 Å². The van der Waals surface area contributed by atoms with Crippen molar-refractivity contribution in [1.82, 2.24) is 0 Å². The second-order valence-electron chi connectivity index (χ2n) is 7.11. The number of hydrogen-bond donors (Lipinski definition) is 1. The average molecular weight is 403 g/mol. The minimum atomic E-state index is -4.53. The van der Waals surface area contributed by atoms with Crippen LogP contribution >= 0.6 is 0 Å².